The molecule has 3 fully saturated rings. The molecule has 1 aliphatic carbocycles. The van der Waals surface area contributed by atoms with Gasteiger partial charge in [-0.15, -0.1) is 0 Å². The fourth-order valence-electron chi connectivity index (χ4n) is 4.57. The Hall–Kier alpha value is -1.88. The van der Waals surface area contributed by atoms with Gasteiger partial charge in [0.2, 0.25) is 5.91 Å². The van der Waals surface area contributed by atoms with Gasteiger partial charge < -0.3 is 15.5 Å². The van der Waals surface area contributed by atoms with Crippen LogP contribution in [0.3, 0.4) is 0 Å². The van der Waals surface area contributed by atoms with Gasteiger partial charge in [0, 0.05) is 37.2 Å². The van der Waals surface area contributed by atoms with Crippen LogP contribution < -0.4 is 10.6 Å². The van der Waals surface area contributed by atoms with Crippen molar-refractivity contribution >= 4 is 11.8 Å². The quantitative estimate of drug-likeness (QED) is 0.878. The monoisotopic (exact) mass is 341 g/mol. The fourth-order valence-corrected chi connectivity index (χ4v) is 4.57. The van der Waals surface area contributed by atoms with Crippen molar-refractivity contribution in [3.05, 3.63) is 35.9 Å². The van der Waals surface area contributed by atoms with Crippen LogP contribution in [0.1, 0.15) is 42.5 Å². The maximum atomic E-state index is 13.2. The second-order valence-corrected chi connectivity index (χ2v) is 7.71. The highest BCUT2D eigenvalue weighted by atomic mass is 16.2. The lowest BCUT2D eigenvalue weighted by atomic mass is 9.84. The van der Waals surface area contributed by atoms with Crippen LogP contribution in [0.5, 0.6) is 0 Å². The molecule has 3 atom stereocenters. The number of hydrogen-bond acceptors (Lipinski definition) is 3. The normalized spacial score (nSPS) is 29.0. The molecule has 1 saturated carbocycles. The minimum atomic E-state index is -0.311. The maximum absolute atomic E-state index is 13.2. The SMILES string of the molecule is O=C(NCC1CNC1)C1CC2CCCCC2N1C(=O)c1ccccc1. The Bertz CT molecular complexity index is 629. The number of fused-ring (bicyclic) bond motifs is 1. The molecule has 4 rings (SSSR count). The molecule has 0 spiro atoms. The second kappa shape index (κ2) is 7.16. The van der Waals surface area contributed by atoms with E-state index in [-0.39, 0.29) is 23.9 Å². The van der Waals surface area contributed by atoms with E-state index >= 15 is 0 Å². The van der Waals surface area contributed by atoms with Gasteiger partial charge in [0.15, 0.2) is 0 Å². The van der Waals surface area contributed by atoms with Crippen molar-refractivity contribution in [3.8, 4) is 0 Å². The summed E-state index contributed by atoms with van der Waals surface area (Å²) in [5.41, 5.74) is 0.690. The van der Waals surface area contributed by atoms with Crippen molar-refractivity contribution in [2.75, 3.05) is 19.6 Å². The summed E-state index contributed by atoms with van der Waals surface area (Å²) < 4.78 is 0. The molecule has 2 amide bonds. The van der Waals surface area contributed by atoms with E-state index in [1.807, 2.05) is 35.2 Å². The third-order valence-electron chi connectivity index (χ3n) is 6.08. The third-order valence-corrected chi connectivity index (χ3v) is 6.08. The average molecular weight is 341 g/mol. The molecule has 5 heteroatoms. The Morgan fingerprint density at radius 1 is 1.12 bits per heavy atom. The Balaban J connectivity index is 1.52. The van der Waals surface area contributed by atoms with Crippen molar-refractivity contribution in [1.82, 2.24) is 15.5 Å². The summed E-state index contributed by atoms with van der Waals surface area (Å²) in [6.45, 7) is 2.66. The fraction of sp³-hybridized carbons (Fsp3) is 0.600. The van der Waals surface area contributed by atoms with E-state index < -0.39 is 0 Å². The smallest absolute Gasteiger partial charge is 0.254 e. The van der Waals surface area contributed by atoms with Crippen LogP contribution in [-0.2, 0) is 4.79 Å². The Morgan fingerprint density at radius 2 is 1.88 bits per heavy atom. The largest absolute Gasteiger partial charge is 0.354 e. The zero-order valence-electron chi connectivity index (χ0n) is 14.6. The van der Waals surface area contributed by atoms with Crippen molar-refractivity contribution in [2.24, 2.45) is 11.8 Å². The number of likely N-dealkylation sites (tertiary alicyclic amines) is 1. The van der Waals surface area contributed by atoms with Crippen LogP contribution in [-0.4, -0.2) is 48.4 Å². The van der Waals surface area contributed by atoms with Gasteiger partial charge >= 0.3 is 0 Å². The summed E-state index contributed by atoms with van der Waals surface area (Å²) >= 11 is 0. The van der Waals surface area contributed by atoms with Crippen LogP contribution in [0.15, 0.2) is 30.3 Å². The van der Waals surface area contributed by atoms with Crippen LogP contribution >= 0.6 is 0 Å². The predicted molar refractivity (Wildman–Crippen MR) is 96.1 cm³/mol. The van der Waals surface area contributed by atoms with E-state index in [1.54, 1.807) is 0 Å². The number of amides is 2. The van der Waals surface area contributed by atoms with Crippen LogP contribution in [0.4, 0.5) is 0 Å². The van der Waals surface area contributed by atoms with Crippen molar-refractivity contribution in [3.63, 3.8) is 0 Å². The van der Waals surface area contributed by atoms with Crippen LogP contribution in [0, 0.1) is 11.8 Å². The number of rotatable bonds is 4. The molecular formula is C20H27N3O2. The number of benzene rings is 1. The highest BCUT2D eigenvalue weighted by molar-refractivity contribution is 5.98. The first-order valence-electron chi connectivity index (χ1n) is 9.60. The second-order valence-electron chi connectivity index (χ2n) is 7.71. The first-order valence-corrected chi connectivity index (χ1v) is 9.60. The summed E-state index contributed by atoms with van der Waals surface area (Å²) in [7, 11) is 0. The predicted octanol–water partition coefficient (Wildman–Crippen LogP) is 1.80. The molecule has 2 aliphatic heterocycles. The Kier molecular flexibility index (Phi) is 4.75. The number of hydrogen-bond donors (Lipinski definition) is 2. The zero-order chi connectivity index (χ0) is 17.2. The number of nitrogens with one attached hydrogen (secondary N) is 2. The third kappa shape index (κ3) is 3.30. The maximum Gasteiger partial charge on any atom is 0.254 e. The topological polar surface area (TPSA) is 61.4 Å². The Morgan fingerprint density at radius 3 is 2.60 bits per heavy atom. The minimum absolute atomic E-state index is 0.0143. The first kappa shape index (κ1) is 16.6. The van der Waals surface area contributed by atoms with E-state index in [0.717, 1.165) is 38.8 Å². The molecule has 25 heavy (non-hydrogen) atoms. The van der Waals surface area contributed by atoms with Gasteiger partial charge in [0.05, 0.1) is 0 Å². The van der Waals surface area contributed by atoms with E-state index in [9.17, 15) is 9.59 Å². The summed E-state index contributed by atoms with van der Waals surface area (Å²) in [5, 5.41) is 6.33. The molecule has 0 bridgehead atoms. The van der Waals surface area contributed by atoms with Crippen molar-refractivity contribution < 1.29 is 9.59 Å². The average Bonchev–Trinajstić information content (AvgIpc) is 3.00. The van der Waals surface area contributed by atoms with Gasteiger partial charge in [0.25, 0.3) is 5.91 Å². The number of carbonyl (C=O) groups excluding carboxylic acids is 2. The van der Waals surface area contributed by atoms with Gasteiger partial charge in [-0.1, -0.05) is 31.0 Å². The van der Waals surface area contributed by atoms with Gasteiger partial charge in [-0.05, 0) is 37.3 Å². The number of nitrogens with zero attached hydrogens (tertiary/aromatic N) is 1. The molecular weight excluding hydrogens is 314 g/mol. The lowest BCUT2D eigenvalue weighted by Gasteiger charge is -2.34. The molecule has 2 saturated heterocycles. The molecule has 2 heterocycles. The molecule has 3 unspecified atom stereocenters. The summed E-state index contributed by atoms with van der Waals surface area (Å²) in [6, 6.07) is 9.32. The molecule has 1 aromatic rings. The summed E-state index contributed by atoms with van der Waals surface area (Å²) in [4.78, 5) is 27.9. The summed E-state index contributed by atoms with van der Waals surface area (Å²) in [6.07, 6.45) is 5.36. The van der Waals surface area contributed by atoms with E-state index in [1.165, 1.54) is 6.42 Å². The molecule has 3 aliphatic rings. The molecule has 0 radical (unpaired) electrons. The van der Waals surface area contributed by atoms with E-state index in [0.29, 0.717) is 23.9 Å². The van der Waals surface area contributed by atoms with Crippen molar-refractivity contribution in [1.29, 1.82) is 0 Å². The standard InChI is InChI=1S/C20H27N3O2/c24-19(22-13-14-11-21-12-14)18-10-16-8-4-5-9-17(16)23(18)20(25)15-6-2-1-3-7-15/h1-3,6-7,14,16-18,21H,4-5,8-13H2,(H,22,24). The lowest BCUT2D eigenvalue weighted by Crippen LogP contribution is -2.53. The van der Waals surface area contributed by atoms with Gasteiger partial charge in [0.1, 0.15) is 6.04 Å². The lowest BCUT2D eigenvalue weighted by molar-refractivity contribution is -0.125. The van der Waals surface area contributed by atoms with E-state index in [4.69, 9.17) is 0 Å². The van der Waals surface area contributed by atoms with Gasteiger partial charge in [-0.2, -0.15) is 0 Å². The minimum Gasteiger partial charge on any atom is -0.354 e. The molecule has 1 aromatic carbocycles. The highest BCUT2D eigenvalue weighted by Crippen LogP contribution is 2.40. The van der Waals surface area contributed by atoms with Crippen molar-refractivity contribution in [2.45, 2.75) is 44.2 Å². The first-order chi connectivity index (χ1) is 12.2. The molecule has 2 N–H and O–H groups in total. The molecule has 134 valence electrons. The zero-order valence-corrected chi connectivity index (χ0v) is 14.6. The van der Waals surface area contributed by atoms with E-state index in [2.05, 4.69) is 10.6 Å². The summed E-state index contributed by atoms with van der Waals surface area (Å²) in [5.74, 6) is 1.06. The Labute approximate surface area is 149 Å². The van der Waals surface area contributed by atoms with Crippen LogP contribution in [0.2, 0.25) is 0 Å². The number of carbonyl (C=O) groups is 2. The van der Waals surface area contributed by atoms with Gasteiger partial charge in [-0.3, -0.25) is 9.59 Å². The highest BCUT2D eigenvalue weighted by Gasteiger charge is 2.47. The van der Waals surface area contributed by atoms with Gasteiger partial charge in [-0.25, -0.2) is 0 Å². The molecule has 0 aromatic heterocycles. The molecule has 5 nitrogen and oxygen atoms in total. The van der Waals surface area contributed by atoms with Crippen LogP contribution in [0.25, 0.3) is 0 Å².